The predicted octanol–water partition coefficient (Wildman–Crippen LogP) is 6.69. The van der Waals surface area contributed by atoms with Gasteiger partial charge in [-0.2, -0.15) is 4.98 Å². The molecule has 5 aromatic rings. The molecule has 1 saturated carbocycles. The Morgan fingerprint density at radius 3 is 2.62 bits per heavy atom. The summed E-state index contributed by atoms with van der Waals surface area (Å²) in [5.74, 6) is 3.28. The third-order valence-corrected chi connectivity index (χ3v) is 7.36. The molecule has 0 bridgehead atoms. The minimum Gasteiger partial charge on any atom is -0.342 e. The molecule has 7 heteroatoms. The SMILES string of the molecule is Cc1noc(-c2ccc3nc([C@H](C)[C@H]4CC[C@@H](c5ccnc6ccc(F)cc65)CC4)[nH]c3c2)n1. The lowest BCUT2D eigenvalue weighted by molar-refractivity contribution is 0.286. The first-order chi connectivity index (χ1) is 16.5. The number of imidazole rings is 1. The summed E-state index contributed by atoms with van der Waals surface area (Å²) in [6.07, 6.45) is 6.27. The average molecular weight is 456 g/mol. The summed E-state index contributed by atoms with van der Waals surface area (Å²) < 4.78 is 19.2. The quantitative estimate of drug-likeness (QED) is 0.327. The van der Waals surface area contributed by atoms with E-state index in [1.807, 2.05) is 31.3 Å². The van der Waals surface area contributed by atoms with Gasteiger partial charge in [0.15, 0.2) is 5.82 Å². The highest BCUT2D eigenvalue weighted by molar-refractivity contribution is 5.82. The van der Waals surface area contributed by atoms with Crippen molar-refractivity contribution in [3.05, 3.63) is 71.7 Å². The zero-order valence-electron chi connectivity index (χ0n) is 19.3. The molecular weight excluding hydrogens is 429 g/mol. The number of pyridine rings is 1. The lowest BCUT2D eigenvalue weighted by atomic mass is 9.73. The summed E-state index contributed by atoms with van der Waals surface area (Å²) in [4.78, 5) is 17.2. The van der Waals surface area contributed by atoms with Crippen molar-refractivity contribution in [2.45, 2.75) is 51.4 Å². The smallest absolute Gasteiger partial charge is 0.257 e. The van der Waals surface area contributed by atoms with Crippen LogP contribution >= 0.6 is 0 Å². The largest absolute Gasteiger partial charge is 0.342 e. The van der Waals surface area contributed by atoms with E-state index in [4.69, 9.17) is 9.51 Å². The van der Waals surface area contributed by atoms with Crippen molar-refractivity contribution in [1.82, 2.24) is 25.1 Å². The van der Waals surface area contributed by atoms with E-state index in [1.165, 1.54) is 11.6 Å². The Balaban J connectivity index is 1.19. The molecule has 0 spiro atoms. The number of aryl methyl sites for hydroxylation is 1. The fourth-order valence-electron chi connectivity index (χ4n) is 5.44. The molecule has 2 aromatic carbocycles. The highest BCUT2D eigenvalue weighted by Crippen LogP contribution is 2.43. The molecule has 0 aliphatic heterocycles. The number of nitrogens with one attached hydrogen (secondary N) is 1. The second-order valence-corrected chi connectivity index (χ2v) is 9.46. The molecule has 3 heterocycles. The normalized spacial score (nSPS) is 19.6. The van der Waals surface area contributed by atoms with Gasteiger partial charge < -0.3 is 9.51 Å². The summed E-state index contributed by atoms with van der Waals surface area (Å²) in [6.45, 7) is 4.08. The molecule has 34 heavy (non-hydrogen) atoms. The van der Waals surface area contributed by atoms with Crippen LogP contribution in [-0.2, 0) is 0 Å². The first-order valence-corrected chi connectivity index (χ1v) is 11.9. The van der Waals surface area contributed by atoms with Crippen LogP contribution in [0.1, 0.15) is 61.7 Å². The minimum atomic E-state index is -0.202. The van der Waals surface area contributed by atoms with Gasteiger partial charge >= 0.3 is 0 Å². The van der Waals surface area contributed by atoms with Gasteiger partial charge in [-0.25, -0.2) is 9.37 Å². The number of benzene rings is 2. The molecule has 0 amide bonds. The third-order valence-electron chi connectivity index (χ3n) is 7.36. The Morgan fingerprint density at radius 2 is 1.82 bits per heavy atom. The predicted molar refractivity (Wildman–Crippen MR) is 129 cm³/mol. The van der Waals surface area contributed by atoms with E-state index < -0.39 is 0 Å². The Kier molecular flexibility index (Phi) is 5.12. The second kappa shape index (κ2) is 8.31. The number of H-pyrrole nitrogens is 1. The Labute approximate surface area is 196 Å². The first kappa shape index (κ1) is 21.0. The van der Waals surface area contributed by atoms with E-state index >= 15 is 0 Å². The van der Waals surface area contributed by atoms with Crippen LogP contribution in [0.5, 0.6) is 0 Å². The molecule has 1 atom stereocenters. The molecule has 172 valence electrons. The van der Waals surface area contributed by atoms with Gasteiger partial charge in [0, 0.05) is 23.1 Å². The monoisotopic (exact) mass is 455 g/mol. The lowest BCUT2D eigenvalue weighted by Crippen LogP contribution is -2.19. The van der Waals surface area contributed by atoms with Crippen LogP contribution in [0.25, 0.3) is 33.4 Å². The van der Waals surface area contributed by atoms with Crippen LogP contribution in [0.4, 0.5) is 4.39 Å². The number of rotatable bonds is 4. The highest BCUT2D eigenvalue weighted by atomic mass is 19.1. The fourth-order valence-corrected chi connectivity index (χ4v) is 5.44. The molecule has 6 rings (SSSR count). The lowest BCUT2D eigenvalue weighted by Gasteiger charge is -2.32. The third kappa shape index (κ3) is 3.75. The summed E-state index contributed by atoms with van der Waals surface area (Å²) in [5, 5.41) is 4.83. The molecule has 1 N–H and O–H groups in total. The Bertz CT molecular complexity index is 1480. The molecule has 0 radical (unpaired) electrons. The van der Waals surface area contributed by atoms with Gasteiger partial charge in [0.25, 0.3) is 5.89 Å². The summed E-state index contributed by atoms with van der Waals surface area (Å²) >= 11 is 0. The Hall–Kier alpha value is -3.61. The number of nitrogens with zero attached hydrogens (tertiary/aromatic N) is 4. The van der Waals surface area contributed by atoms with Gasteiger partial charge in [-0.1, -0.05) is 12.1 Å². The first-order valence-electron chi connectivity index (χ1n) is 11.9. The van der Waals surface area contributed by atoms with Crippen molar-refractivity contribution >= 4 is 21.9 Å². The Morgan fingerprint density at radius 1 is 1.00 bits per heavy atom. The van der Waals surface area contributed by atoms with Gasteiger partial charge in [-0.05, 0) is 92.5 Å². The van der Waals surface area contributed by atoms with Crippen LogP contribution in [0, 0.1) is 18.7 Å². The van der Waals surface area contributed by atoms with Crippen molar-refractivity contribution in [2.75, 3.05) is 0 Å². The summed E-state index contributed by atoms with van der Waals surface area (Å²) in [6, 6.07) is 12.9. The number of fused-ring (bicyclic) bond motifs is 2. The molecule has 1 aliphatic carbocycles. The number of hydrogen-bond donors (Lipinski definition) is 1. The molecule has 1 aliphatic rings. The number of hydrogen-bond acceptors (Lipinski definition) is 5. The van der Waals surface area contributed by atoms with Crippen LogP contribution < -0.4 is 0 Å². The van der Waals surface area contributed by atoms with E-state index in [0.717, 1.165) is 59.0 Å². The van der Waals surface area contributed by atoms with Gasteiger partial charge in [-0.15, -0.1) is 0 Å². The van der Waals surface area contributed by atoms with Crippen molar-refractivity contribution in [2.24, 2.45) is 5.92 Å². The summed E-state index contributed by atoms with van der Waals surface area (Å²) in [7, 11) is 0. The van der Waals surface area contributed by atoms with E-state index in [1.54, 1.807) is 12.1 Å². The minimum absolute atomic E-state index is 0.202. The van der Waals surface area contributed by atoms with Crippen molar-refractivity contribution in [3.8, 4) is 11.5 Å². The van der Waals surface area contributed by atoms with E-state index in [9.17, 15) is 4.39 Å². The van der Waals surface area contributed by atoms with Gasteiger partial charge in [-0.3, -0.25) is 4.98 Å². The standard InChI is InChI=1S/C27H26FN5O/c1-15(26-31-24-9-7-19(13-25(24)32-26)27-30-16(2)33-34-27)17-3-5-18(6-4-17)21-11-12-29-23-10-8-20(28)14-22(21)23/h7-15,17-18H,3-6H2,1-2H3,(H,31,32)/t15-,17-,18+/m1/s1. The molecule has 1 fully saturated rings. The van der Waals surface area contributed by atoms with Crippen LogP contribution in [-0.4, -0.2) is 25.1 Å². The van der Waals surface area contributed by atoms with E-state index in [0.29, 0.717) is 29.5 Å². The van der Waals surface area contributed by atoms with Crippen LogP contribution in [0.15, 0.2) is 53.2 Å². The number of aromatic amines is 1. The van der Waals surface area contributed by atoms with Crippen molar-refractivity contribution in [3.63, 3.8) is 0 Å². The van der Waals surface area contributed by atoms with Crippen LogP contribution in [0.2, 0.25) is 0 Å². The maximum absolute atomic E-state index is 13.9. The second-order valence-electron chi connectivity index (χ2n) is 9.46. The van der Waals surface area contributed by atoms with E-state index in [-0.39, 0.29) is 5.82 Å². The van der Waals surface area contributed by atoms with Gasteiger partial charge in [0.05, 0.1) is 16.6 Å². The molecule has 0 saturated heterocycles. The average Bonchev–Trinajstić information content (AvgIpc) is 3.49. The maximum Gasteiger partial charge on any atom is 0.257 e. The highest BCUT2D eigenvalue weighted by Gasteiger charge is 2.29. The van der Waals surface area contributed by atoms with Crippen molar-refractivity contribution < 1.29 is 8.91 Å². The molecule has 3 aromatic heterocycles. The van der Waals surface area contributed by atoms with Crippen molar-refractivity contribution in [1.29, 1.82) is 0 Å². The van der Waals surface area contributed by atoms with Gasteiger partial charge in [0.1, 0.15) is 11.6 Å². The zero-order valence-corrected chi connectivity index (χ0v) is 19.3. The topological polar surface area (TPSA) is 80.5 Å². The number of aromatic nitrogens is 5. The van der Waals surface area contributed by atoms with Gasteiger partial charge in [0.2, 0.25) is 0 Å². The molecule has 0 unspecified atom stereocenters. The zero-order chi connectivity index (χ0) is 23.2. The van der Waals surface area contributed by atoms with E-state index in [2.05, 4.69) is 33.1 Å². The molecular formula is C27H26FN5O. The maximum atomic E-state index is 13.9. The van der Waals surface area contributed by atoms with Crippen LogP contribution in [0.3, 0.4) is 0 Å². The fraction of sp³-hybridized carbons (Fsp3) is 0.333. The molecule has 6 nitrogen and oxygen atoms in total. The summed E-state index contributed by atoms with van der Waals surface area (Å²) in [5.41, 5.74) is 4.90. The number of halogens is 1.